The Hall–Kier alpha value is -3.06. The number of esters is 1. The third kappa shape index (κ3) is 8.68. The number of carbonyl (C=O) groups excluding carboxylic acids is 2. The van der Waals surface area contributed by atoms with Gasteiger partial charge in [-0.3, -0.25) is 4.79 Å². The number of benzene rings is 2. The number of hydrogen-bond acceptors (Lipinski definition) is 6. The van der Waals surface area contributed by atoms with E-state index in [1.165, 1.54) is 24.3 Å². The maximum atomic E-state index is 12.7. The van der Waals surface area contributed by atoms with Crippen LogP contribution in [0.3, 0.4) is 0 Å². The Morgan fingerprint density at radius 1 is 0.903 bits per heavy atom. The summed E-state index contributed by atoms with van der Waals surface area (Å²) in [5.41, 5.74) is 7.62. The molecule has 2 atom stereocenters. The number of nitrogens with two attached hydrogens (primary N) is 1. The normalized spacial score (nSPS) is 12.7. The molecule has 0 aliphatic heterocycles. The van der Waals surface area contributed by atoms with Crippen molar-refractivity contribution < 1.29 is 24.5 Å². The van der Waals surface area contributed by atoms with Gasteiger partial charge < -0.3 is 26.0 Å². The van der Waals surface area contributed by atoms with Crippen molar-refractivity contribution in [2.45, 2.75) is 57.5 Å². The van der Waals surface area contributed by atoms with Gasteiger partial charge in [-0.25, -0.2) is 4.79 Å². The Bertz CT molecular complexity index is 821. The van der Waals surface area contributed by atoms with Crippen molar-refractivity contribution in [3.63, 3.8) is 0 Å². The highest BCUT2D eigenvalue weighted by Gasteiger charge is 2.25. The average molecular weight is 429 g/mol. The quantitative estimate of drug-likeness (QED) is 0.305. The molecule has 5 N–H and O–H groups in total. The number of rotatable bonds is 12. The van der Waals surface area contributed by atoms with Crippen LogP contribution in [0.25, 0.3) is 0 Å². The molecule has 2 aromatic rings. The van der Waals surface area contributed by atoms with Crippen LogP contribution in [-0.2, 0) is 27.2 Å². The van der Waals surface area contributed by atoms with Crippen molar-refractivity contribution in [3.05, 3.63) is 59.7 Å². The summed E-state index contributed by atoms with van der Waals surface area (Å²) in [5.74, 6) is -0.703. The Labute approximate surface area is 183 Å². The van der Waals surface area contributed by atoms with Gasteiger partial charge in [0.15, 0.2) is 0 Å². The van der Waals surface area contributed by atoms with E-state index in [0.717, 1.165) is 36.8 Å². The third-order valence-corrected chi connectivity index (χ3v) is 4.95. The van der Waals surface area contributed by atoms with Crippen molar-refractivity contribution in [2.24, 2.45) is 5.73 Å². The molecule has 0 saturated heterocycles. The van der Waals surface area contributed by atoms with Gasteiger partial charge in [0.25, 0.3) is 0 Å². The van der Waals surface area contributed by atoms with Gasteiger partial charge in [-0.2, -0.15) is 0 Å². The number of ether oxygens (including phenoxy) is 1. The summed E-state index contributed by atoms with van der Waals surface area (Å²) in [6.07, 6.45) is 4.43. The van der Waals surface area contributed by atoms with Crippen molar-refractivity contribution in [3.8, 4) is 11.5 Å². The van der Waals surface area contributed by atoms with E-state index in [1.54, 1.807) is 24.3 Å². The van der Waals surface area contributed by atoms with Crippen LogP contribution in [-0.4, -0.2) is 40.8 Å². The van der Waals surface area contributed by atoms with Crippen LogP contribution < -0.4 is 11.1 Å². The molecule has 0 spiro atoms. The van der Waals surface area contributed by atoms with E-state index in [1.807, 2.05) is 0 Å². The van der Waals surface area contributed by atoms with E-state index in [-0.39, 0.29) is 24.3 Å². The first-order chi connectivity index (χ1) is 14.9. The summed E-state index contributed by atoms with van der Waals surface area (Å²) in [4.78, 5) is 25.3. The molecule has 2 aromatic carbocycles. The first kappa shape index (κ1) is 24.2. The average Bonchev–Trinajstić information content (AvgIpc) is 2.76. The molecule has 7 heteroatoms. The molecular weight excluding hydrogens is 396 g/mol. The van der Waals surface area contributed by atoms with E-state index in [2.05, 4.69) is 12.2 Å². The lowest BCUT2D eigenvalue weighted by Crippen LogP contribution is -2.50. The molecule has 0 saturated carbocycles. The van der Waals surface area contributed by atoms with Gasteiger partial charge in [0.2, 0.25) is 5.91 Å². The Kier molecular flexibility index (Phi) is 9.84. The van der Waals surface area contributed by atoms with E-state index in [0.29, 0.717) is 6.61 Å². The first-order valence-electron chi connectivity index (χ1n) is 10.7. The molecule has 0 bridgehead atoms. The molecule has 0 radical (unpaired) electrons. The smallest absolute Gasteiger partial charge is 0.328 e. The molecule has 1 amide bonds. The van der Waals surface area contributed by atoms with E-state index in [9.17, 15) is 19.8 Å². The molecule has 0 aliphatic carbocycles. The number of carbonyl (C=O) groups is 2. The maximum absolute atomic E-state index is 12.7. The predicted molar refractivity (Wildman–Crippen MR) is 119 cm³/mol. The fourth-order valence-electron chi connectivity index (χ4n) is 3.12. The van der Waals surface area contributed by atoms with Crippen molar-refractivity contribution in [2.75, 3.05) is 6.61 Å². The minimum atomic E-state index is -0.880. The lowest BCUT2D eigenvalue weighted by atomic mass is 10.0. The van der Waals surface area contributed by atoms with Crippen LogP contribution >= 0.6 is 0 Å². The summed E-state index contributed by atoms with van der Waals surface area (Å²) in [5, 5.41) is 21.6. The lowest BCUT2D eigenvalue weighted by molar-refractivity contribution is -0.148. The van der Waals surface area contributed by atoms with Crippen LogP contribution in [0.1, 0.15) is 43.7 Å². The van der Waals surface area contributed by atoms with Gasteiger partial charge in [0.05, 0.1) is 12.6 Å². The van der Waals surface area contributed by atoms with Gasteiger partial charge in [0, 0.05) is 6.42 Å². The summed E-state index contributed by atoms with van der Waals surface area (Å²) in [7, 11) is 0. The van der Waals surface area contributed by atoms with E-state index in [4.69, 9.17) is 10.5 Å². The molecule has 0 aliphatic rings. The number of amides is 1. The second-order valence-corrected chi connectivity index (χ2v) is 7.64. The number of hydrogen-bond donors (Lipinski definition) is 4. The zero-order valence-electron chi connectivity index (χ0n) is 17.9. The molecule has 0 heterocycles. The SMILES string of the molecule is CCCCCCOC(=O)C(Cc1ccc(O)cc1)NC(=O)C(N)Cc1ccc(O)cc1. The number of aromatic hydroxyl groups is 2. The minimum absolute atomic E-state index is 0.124. The second kappa shape index (κ2) is 12.6. The molecule has 168 valence electrons. The fourth-order valence-corrected chi connectivity index (χ4v) is 3.12. The highest BCUT2D eigenvalue weighted by atomic mass is 16.5. The van der Waals surface area contributed by atoms with Gasteiger partial charge >= 0.3 is 5.97 Å². The fraction of sp³-hybridized carbons (Fsp3) is 0.417. The largest absolute Gasteiger partial charge is 0.508 e. The summed E-state index contributed by atoms with van der Waals surface area (Å²) in [6, 6.07) is 11.2. The van der Waals surface area contributed by atoms with Gasteiger partial charge in [0.1, 0.15) is 17.5 Å². The first-order valence-corrected chi connectivity index (χ1v) is 10.7. The van der Waals surface area contributed by atoms with Crippen LogP contribution in [0, 0.1) is 0 Å². The number of nitrogens with one attached hydrogen (secondary N) is 1. The van der Waals surface area contributed by atoms with Crippen molar-refractivity contribution in [1.82, 2.24) is 5.32 Å². The number of phenolic OH excluding ortho intramolecular Hbond substituents is 2. The topological polar surface area (TPSA) is 122 Å². The number of unbranched alkanes of at least 4 members (excludes halogenated alkanes) is 3. The van der Waals surface area contributed by atoms with E-state index < -0.39 is 24.0 Å². The summed E-state index contributed by atoms with van der Waals surface area (Å²) in [6.45, 7) is 2.41. The zero-order valence-corrected chi connectivity index (χ0v) is 17.9. The van der Waals surface area contributed by atoms with Gasteiger partial charge in [-0.1, -0.05) is 50.5 Å². The predicted octanol–water partition coefficient (Wildman–Crippen LogP) is 2.82. The maximum Gasteiger partial charge on any atom is 0.328 e. The van der Waals surface area contributed by atoms with Crippen molar-refractivity contribution >= 4 is 11.9 Å². The van der Waals surface area contributed by atoms with Gasteiger partial charge in [-0.15, -0.1) is 0 Å². The van der Waals surface area contributed by atoms with Crippen LogP contribution in [0.4, 0.5) is 0 Å². The van der Waals surface area contributed by atoms with Crippen LogP contribution in [0.15, 0.2) is 48.5 Å². The summed E-state index contributed by atoms with van der Waals surface area (Å²) >= 11 is 0. The van der Waals surface area contributed by atoms with Crippen molar-refractivity contribution in [1.29, 1.82) is 0 Å². The molecular formula is C24H32N2O5. The summed E-state index contributed by atoms with van der Waals surface area (Å²) < 4.78 is 5.39. The molecule has 31 heavy (non-hydrogen) atoms. The third-order valence-electron chi connectivity index (χ3n) is 4.95. The van der Waals surface area contributed by atoms with Crippen LogP contribution in [0.2, 0.25) is 0 Å². The highest BCUT2D eigenvalue weighted by molar-refractivity contribution is 5.87. The minimum Gasteiger partial charge on any atom is -0.508 e. The Balaban J connectivity index is 1.99. The lowest BCUT2D eigenvalue weighted by Gasteiger charge is -2.20. The Morgan fingerprint density at radius 3 is 2.00 bits per heavy atom. The molecule has 2 rings (SSSR count). The molecule has 0 fully saturated rings. The van der Waals surface area contributed by atoms with Crippen LogP contribution in [0.5, 0.6) is 11.5 Å². The molecule has 7 nitrogen and oxygen atoms in total. The second-order valence-electron chi connectivity index (χ2n) is 7.64. The zero-order chi connectivity index (χ0) is 22.6. The molecule has 0 aromatic heterocycles. The Morgan fingerprint density at radius 2 is 1.45 bits per heavy atom. The highest BCUT2D eigenvalue weighted by Crippen LogP contribution is 2.13. The number of phenols is 2. The van der Waals surface area contributed by atoms with Gasteiger partial charge in [-0.05, 0) is 48.2 Å². The standard InChI is InChI=1S/C24H32N2O5/c1-2-3-4-5-14-31-24(30)22(16-18-8-12-20(28)13-9-18)26-23(29)21(25)15-17-6-10-19(27)11-7-17/h6-13,21-22,27-28H,2-5,14-16,25H2,1H3,(H,26,29). The molecule has 2 unspecified atom stereocenters. The monoisotopic (exact) mass is 428 g/mol. The van der Waals surface area contributed by atoms with E-state index >= 15 is 0 Å².